The second-order valence-corrected chi connectivity index (χ2v) is 8.10. The van der Waals surface area contributed by atoms with Crippen LogP contribution in [-0.4, -0.2) is 46.9 Å². The average Bonchev–Trinajstić information content (AvgIpc) is 3.11. The summed E-state index contributed by atoms with van der Waals surface area (Å²) in [6, 6.07) is 7.53. The first kappa shape index (κ1) is 21.5. The van der Waals surface area contributed by atoms with Gasteiger partial charge in [0.2, 0.25) is 0 Å². The molecule has 1 N–H and O–H groups in total. The maximum atomic E-state index is 13.7. The average molecular weight is 419 g/mol. The van der Waals surface area contributed by atoms with Crippen molar-refractivity contribution < 1.29 is 33.0 Å². The molecule has 0 aliphatic carbocycles. The van der Waals surface area contributed by atoms with Crippen LogP contribution in [0.3, 0.4) is 0 Å². The molecule has 1 amide bonds. The number of nitrogens with zero attached hydrogens (tertiary/aromatic N) is 1. The largest absolute Gasteiger partial charge is 0.488 e. The molecule has 1 heterocycles. The van der Waals surface area contributed by atoms with Gasteiger partial charge in [-0.15, -0.1) is 0 Å². The Labute approximate surface area is 173 Å². The Morgan fingerprint density at radius 2 is 1.83 bits per heavy atom. The normalized spacial score (nSPS) is 16.4. The zero-order valence-electron chi connectivity index (χ0n) is 16.9. The van der Waals surface area contributed by atoms with Crippen molar-refractivity contribution >= 4 is 12.1 Å². The predicted octanol–water partition coefficient (Wildman–Crippen LogP) is 4.72. The van der Waals surface area contributed by atoms with Crippen molar-refractivity contribution in [2.75, 3.05) is 13.1 Å². The lowest BCUT2D eigenvalue weighted by Gasteiger charge is -2.24. The highest BCUT2D eigenvalue weighted by molar-refractivity contribution is 5.90. The van der Waals surface area contributed by atoms with Crippen LogP contribution in [0.5, 0.6) is 5.75 Å². The molecular weight excluding hydrogens is 396 g/mol. The minimum absolute atomic E-state index is 0.0103. The number of carboxylic acids is 1. The van der Waals surface area contributed by atoms with Crippen LogP contribution in [-0.2, 0) is 4.74 Å². The van der Waals surface area contributed by atoms with Crippen LogP contribution in [0.1, 0.15) is 37.6 Å². The lowest BCUT2D eigenvalue weighted by molar-refractivity contribution is 0.0275. The second kappa shape index (κ2) is 8.30. The maximum Gasteiger partial charge on any atom is 0.410 e. The molecule has 1 unspecified atom stereocenters. The van der Waals surface area contributed by atoms with Crippen molar-refractivity contribution in [3.63, 3.8) is 0 Å². The Hall–Kier alpha value is -3.16. The summed E-state index contributed by atoms with van der Waals surface area (Å²) in [5, 5.41) is 9.29. The van der Waals surface area contributed by atoms with Crippen molar-refractivity contribution in [2.24, 2.45) is 0 Å². The summed E-state index contributed by atoms with van der Waals surface area (Å²) >= 11 is 0. The van der Waals surface area contributed by atoms with Crippen molar-refractivity contribution in [3.8, 4) is 16.9 Å². The smallest absolute Gasteiger partial charge is 0.410 e. The highest BCUT2D eigenvalue weighted by Crippen LogP contribution is 2.34. The molecule has 2 aromatic carbocycles. The Balaban J connectivity index is 1.83. The zero-order valence-corrected chi connectivity index (χ0v) is 16.9. The number of rotatable bonds is 4. The predicted molar refractivity (Wildman–Crippen MR) is 106 cm³/mol. The lowest BCUT2D eigenvalue weighted by atomic mass is 10.0. The maximum absolute atomic E-state index is 13.7. The first-order valence-electron chi connectivity index (χ1n) is 9.51. The van der Waals surface area contributed by atoms with E-state index in [0.29, 0.717) is 30.8 Å². The van der Waals surface area contributed by atoms with Crippen molar-refractivity contribution in [2.45, 2.75) is 38.9 Å². The third-order valence-corrected chi connectivity index (χ3v) is 4.55. The van der Waals surface area contributed by atoms with Gasteiger partial charge in [-0.05, 0) is 56.7 Å². The van der Waals surface area contributed by atoms with Gasteiger partial charge in [-0.3, -0.25) is 0 Å². The van der Waals surface area contributed by atoms with Crippen molar-refractivity contribution in [3.05, 3.63) is 53.6 Å². The lowest BCUT2D eigenvalue weighted by Crippen LogP contribution is -2.36. The highest BCUT2D eigenvalue weighted by Gasteiger charge is 2.31. The van der Waals surface area contributed by atoms with Crippen LogP contribution in [0.2, 0.25) is 0 Å². The Kier molecular flexibility index (Phi) is 5.96. The Morgan fingerprint density at radius 3 is 2.47 bits per heavy atom. The summed E-state index contributed by atoms with van der Waals surface area (Å²) in [5.74, 6) is -2.88. The van der Waals surface area contributed by atoms with E-state index in [9.17, 15) is 23.5 Å². The number of carbonyl (C=O) groups excluding carboxylic acids is 1. The number of halogens is 2. The molecule has 160 valence electrons. The first-order valence-corrected chi connectivity index (χ1v) is 9.51. The Bertz CT molecular complexity index is 970. The van der Waals surface area contributed by atoms with Crippen LogP contribution in [0.15, 0.2) is 36.4 Å². The van der Waals surface area contributed by atoms with E-state index in [-0.39, 0.29) is 17.2 Å². The summed E-state index contributed by atoms with van der Waals surface area (Å²) in [4.78, 5) is 25.1. The van der Waals surface area contributed by atoms with Gasteiger partial charge in [0.25, 0.3) is 0 Å². The van der Waals surface area contributed by atoms with Crippen molar-refractivity contribution in [1.29, 1.82) is 0 Å². The molecule has 0 aromatic heterocycles. The fourth-order valence-corrected chi connectivity index (χ4v) is 3.15. The number of carbonyl (C=O) groups is 2. The van der Waals surface area contributed by atoms with Crippen molar-refractivity contribution in [1.82, 2.24) is 4.90 Å². The van der Waals surface area contributed by atoms with Gasteiger partial charge in [0.05, 0.1) is 12.1 Å². The van der Waals surface area contributed by atoms with Gasteiger partial charge in [-0.25, -0.2) is 18.4 Å². The molecule has 1 aliphatic rings. The fourth-order valence-electron chi connectivity index (χ4n) is 3.15. The summed E-state index contributed by atoms with van der Waals surface area (Å²) in [5.41, 5.74) is -0.00917. The fraction of sp³-hybridized carbons (Fsp3) is 0.364. The molecule has 2 aromatic rings. The number of benzene rings is 2. The number of hydrogen-bond acceptors (Lipinski definition) is 4. The molecule has 1 saturated heterocycles. The molecule has 0 radical (unpaired) electrons. The molecule has 1 fully saturated rings. The van der Waals surface area contributed by atoms with E-state index in [1.54, 1.807) is 25.7 Å². The molecule has 0 saturated carbocycles. The van der Waals surface area contributed by atoms with Crippen LogP contribution >= 0.6 is 0 Å². The molecule has 0 spiro atoms. The SMILES string of the molecule is CC(C)(C)OC(=O)N1CCC(Oc2ccc(C(=O)O)cc2-c2ccc(F)c(F)c2)C1. The molecule has 3 rings (SSSR count). The van der Waals surface area contributed by atoms with E-state index in [1.807, 2.05) is 0 Å². The first-order chi connectivity index (χ1) is 14.0. The van der Waals surface area contributed by atoms with Gasteiger partial charge >= 0.3 is 12.1 Å². The van der Waals surface area contributed by atoms with E-state index < -0.39 is 29.3 Å². The second-order valence-electron chi connectivity index (χ2n) is 8.10. The van der Waals surface area contributed by atoms with E-state index in [1.165, 1.54) is 24.3 Å². The van der Waals surface area contributed by atoms with Gasteiger partial charge in [0.15, 0.2) is 11.6 Å². The number of hydrogen-bond donors (Lipinski definition) is 1. The topological polar surface area (TPSA) is 76.1 Å². The Morgan fingerprint density at radius 1 is 1.10 bits per heavy atom. The number of likely N-dealkylation sites (tertiary alicyclic amines) is 1. The van der Waals surface area contributed by atoms with Crippen LogP contribution in [0.4, 0.5) is 13.6 Å². The van der Waals surface area contributed by atoms with Crippen LogP contribution in [0, 0.1) is 11.6 Å². The quantitative estimate of drug-likeness (QED) is 0.776. The molecule has 1 atom stereocenters. The van der Waals surface area contributed by atoms with E-state index in [4.69, 9.17) is 9.47 Å². The number of carboxylic acid groups (broad SMARTS) is 1. The summed E-state index contributed by atoms with van der Waals surface area (Å²) in [6.07, 6.45) is -0.232. The van der Waals surface area contributed by atoms with Gasteiger partial charge in [0, 0.05) is 18.5 Å². The third-order valence-electron chi connectivity index (χ3n) is 4.55. The zero-order chi connectivity index (χ0) is 22.1. The van der Waals surface area contributed by atoms with Gasteiger partial charge < -0.3 is 19.5 Å². The molecule has 6 nitrogen and oxygen atoms in total. The number of ether oxygens (including phenoxy) is 2. The number of aromatic carboxylic acids is 1. The highest BCUT2D eigenvalue weighted by atomic mass is 19.2. The monoisotopic (exact) mass is 419 g/mol. The van der Waals surface area contributed by atoms with E-state index in [2.05, 4.69) is 0 Å². The molecular formula is C22H23F2NO5. The summed E-state index contributed by atoms with van der Waals surface area (Å²) in [6.45, 7) is 6.10. The van der Waals surface area contributed by atoms with Crippen LogP contribution < -0.4 is 4.74 Å². The molecule has 30 heavy (non-hydrogen) atoms. The molecule has 0 bridgehead atoms. The van der Waals surface area contributed by atoms with Gasteiger partial charge in [-0.2, -0.15) is 0 Å². The summed E-state index contributed by atoms with van der Waals surface area (Å²) in [7, 11) is 0. The molecule has 8 heteroatoms. The van der Waals surface area contributed by atoms with Gasteiger partial charge in [-0.1, -0.05) is 6.07 Å². The van der Waals surface area contributed by atoms with Gasteiger partial charge in [0.1, 0.15) is 17.5 Å². The molecule has 1 aliphatic heterocycles. The van der Waals surface area contributed by atoms with Crippen LogP contribution in [0.25, 0.3) is 11.1 Å². The van der Waals surface area contributed by atoms with E-state index in [0.717, 1.165) is 12.1 Å². The minimum Gasteiger partial charge on any atom is -0.488 e. The standard InChI is InChI=1S/C22H23F2NO5/c1-22(2,3)30-21(28)25-9-8-15(12-25)29-19-7-5-14(20(26)27)10-16(19)13-4-6-17(23)18(24)11-13/h4-7,10-11,15H,8-9,12H2,1-3H3,(H,26,27). The minimum atomic E-state index is -1.15. The van der Waals surface area contributed by atoms with E-state index >= 15 is 0 Å². The number of amides is 1. The third kappa shape index (κ3) is 5.06. The summed E-state index contributed by atoms with van der Waals surface area (Å²) < 4.78 is 38.5.